The standard InChI is InChI=1S/C17H27NO/c1-17(2,3)15-11-13(7-10-16(15)19-4)12-5-8-14(18)9-6-12/h7,10-12,14H,5-6,8-9,18H2,1-4H3. The molecule has 2 N–H and O–H groups in total. The van der Waals surface area contributed by atoms with Crippen LogP contribution in [0.2, 0.25) is 0 Å². The van der Waals surface area contributed by atoms with Crippen LogP contribution >= 0.6 is 0 Å². The highest BCUT2D eigenvalue weighted by Crippen LogP contribution is 2.37. The lowest BCUT2D eigenvalue weighted by Crippen LogP contribution is -2.25. The third kappa shape index (κ3) is 3.30. The summed E-state index contributed by atoms with van der Waals surface area (Å²) in [6.45, 7) is 6.72. The molecule has 0 amide bonds. The first kappa shape index (κ1) is 14.4. The van der Waals surface area contributed by atoms with Crippen molar-refractivity contribution in [1.29, 1.82) is 0 Å². The molecule has 1 aliphatic rings. The number of hydrogen-bond acceptors (Lipinski definition) is 2. The molecule has 2 heteroatoms. The first-order chi connectivity index (χ1) is 8.91. The van der Waals surface area contributed by atoms with Gasteiger partial charge >= 0.3 is 0 Å². The molecule has 0 saturated heterocycles. The second-order valence-electron chi connectivity index (χ2n) is 6.82. The van der Waals surface area contributed by atoms with Crippen LogP contribution in [-0.4, -0.2) is 13.2 Å². The second-order valence-corrected chi connectivity index (χ2v) is 6.82. The summed E-state index contributed by atoms with van der Waals surface area (Å²) < 4.78 is 5.51. The first-order valence-corrected chi connectivity index (χ1v) is 7.36. The molecule has 106 valence electrons. The van der Waals surface area contributed by atoms with E-state index in [4.69, 9.17) is 10.5 Å². The van der Waals surface area contributed by atoms with Gasteiger partial charge in [0.15, 0.2) is 0 Å². The molecule has 0 bridgehead atoms. The third-order valence-corrected chi connectivity index (χ3v) is 4.27. The summed E-state index contributed by atoms with van der Waals surface area (Å²) >= 11 is 0. The Hall–Kier alpha value is -1.02. The number of ether oxygens (including phenoxy) is 1. The number of benzene rings is 1. The van der Waals surface area contributed by atoms with Gasteiger partial charge in [-0.05, 0) is 54.2 Å². The minimum Gasteiger partial charge on any atom is -0.496 e. The third-order valence-electron chi connectivity index (χ3n) is 4.27. The first-order valence-electron chi connectivity index (χ1n) is 7.36. The summed E-state index contributed by atoms with van der Waals surface area (Å²) in [5, 5.41) is 0. The molecule has 0 heterocycles. The van der Waals surface area contributed by atoms with E-state index in [9.17, 15) is 0 Å². The fourth-order valence-corrected chi connectivity index (χ4v) is 3.02. The molecule has 0 aromatic heterocycles. The fraction of sp³-hybridized carbons (Fsp3) is 0.647. The van der Waals surface area contributed by atoms with Crippen molar-refractivity contribution in [2.24, 2.45) is 5.73 Å². The Morgan fingerprint density at radius 2 is 1.74 bits per heavy atom. The van der Waals surface area contributed by atoms with Gasteiger partial charge in [0.1, 0.15) is 5.75 Å². The van der Waals surface area contributed by atoms with Gasteiger partial charge in [0, 0.05) is 6.04 Å². The number of nitrogens with two attached hydrogens (primary N) is 1. The van der Waals surface area contributed by atoms with Gasteiger partial charge in [-0.1, -0.05) is 32.9 Å². The van der Waals surface area contributed by atoms with E-state index < -0.39 is 0 Å². The van der Waals surface area contributed by atoms with Crippen LogP contribution in [0.1, 0.15) is 63.5 Å². The van der Waals surface area contributed by atoms with Gasteiger partial charge in [0.25, 0.3) is 0 Å². The van der Waals surface area contributed by atoms with E-state index in [1.165, 1.54) is 24.0 Å². The SMILES string of the molecule is COc1ccc(C2CCC(N)CC2)cc1C(C)(C)C. The molecule has 0 aliphatic heterocycles. The van der Waals surface area contributed by atoms with Crippen molar-refractivity contribution in [1.82, 2.24) is 0 Å². The lowest BCUT2D eigenvalue weighted by atomic mass is 9.79. The van der Waals surface area contributed by atoms with Crippen molar-refractivity contribution in [2.75, 3.05) is 7.11 Å². The predicted molar refractivity (Wildman–Crippen MR) is 80.9 cm³/mol. The molecule has 1 saturated carbocycles. The van der Waals surface area contributed by atoms with Crippen LogP contribution in [0.25, 0.3) is 0 Å². The molecular formula is C17H27NO. The summed E-state index contributed by atoms with van der Waals surface area (Å²) in [6, 6.07) is 7.12. The Balaban J connectivity index is 2.28. The Bertz CT molecular complexity index is 425. The molecule has 2 nitrogen and oxygen atoms in total. The zero-order chi connectivity index (χ0) is 14.0. The Kier molecular flexibility index (Phi) is 4.19. The minimum absolute atomic E-state index is 0.117. The quantitative estimate of drug-likeness (QED) is 0.874. The van der Waals surface area contributed by atoms with Crippen LogP contribution in [0.3, 0.4) is 0 Å². The summed E-state index contributed by atoms with van der Waals surface area (Å²) in [4.78, 5) is 0. The monoisotopic (exact) mass is 261 g/mol. The molecule has 1 aliphatic carbocycles. The highest BCUT2D eigenvalue weighted by molar-refractivity contribution is 5.42. The van der Waals surface area contributed by atoms with Crippen molar-refractivity contribution in [2.45, 2.75) is 63.8 Å². The molecule has 2 rings (SSSR count). The maximum atomic E-state index is 6.00. The van der Waals surface area contributed by atoms with Crippen molar-refractivity contribution in [3.63, 3.8) is 0 Å². The van der Waals surface area contributed by atoms with Crippen LogP contribution in [0.4, 0.5) is 0 Å². The summed E-state index contributed by atoms with van der Waals surface area (Å²) in [5.74, 6) is 1.68. The van der Waals surface area contributed by atoms with Crippen LogP contribution in [-0.2, 0) is 5.41 Å². The van der Waals surface area contributed by atoms with Gasteiger partial charge in [-0.25, -0.2) is 0 Å². The van der Waals surface area contributed by atoms with Gasteiger partial charge < -0.3 is 10.5 Å². The lowest BCUT2D eigenvalue weighted by Gasteiger charge is -2.29. The van der Waals surface area contributed by atoms with Crippen LogP contribution in [0, 0.1) is 0 Å². The average Bonchev–Trinajstić information content (AvgIpc) is 2.38. The van der Waals surface area contributed by atoms with Gasteiger partial charge in [0.2, 0.25) is 0 Å². The van der Waals surface area contributed by atoms with Crippen molar-refractivity contribution < 1.29 is 4.74 Å². The molecule has 1 fully saturated rings. The highest BCUT2D eigenvalue weighted by Gasteiger charge is 2.24. The van der Waals surface area contributed by atoms with Gasteiger partial charge in [0.05, 0.1) is 7.11 Å². The lowest BCUT2D eigenvalue weighted by molar-refractivity contribution is 0.387. The molecule has 0 spiro atoms. The maximum Gasteiger partial charge on any atom is 0.122 e. The normalized spacial score (nSPS) is 24.3. The topological polar surface area (TPSA) is 35.2 Å². The van der Waals surface area contributed by atoms with Crippen LogP contribution in [0.5, 0.6) is 5.75 Å². The van der Waals surface area contributed by atoms with E-state index in [2.05, 4.69) is 39.0 Å². The number of methoxy groups -OCH3 is 1. The van der Waals surface area contributed by atoms with E-state index in [-0.39, 0.29) is 5.41 Å². The van der Waals surface area contributed by atoms with Gasteiger partial charge in [-0.3, -0.25) is 0 Å². The molecule has 1 aromatic rings. The Morgan fingerprint density at radius 3 is 2.26 bits per heavy atom. The van der Waals surface area contributed by atoms with Crippen molar-refractivity contribution in [3.05, 3.63) is 29.3 Å². The Morgan fingerprint density at radius 1 is 1.11 bits per heavy atom. The largest absolute Gasteiger partial charge is 0.496 e. The van der Waals surface area contributed by atoms with Crippen LogP contribution in [0.15, 0.2) is 18.2 Å². The molecular weight excluding hydrogens is 234 g/mol. The van der Waals surface area contributed by atoms with Gasteiger partial charge in [-0.2, -0.15) is 0 Å². The summed E-state index contributed by atoms with van der Waals surface area (Å²) in [6.07, 6.45) is 4.75. The summed E-state index contributed by atoms with van der Waals surface area (Å²) in [7, 11) is 1.75. The predicted octanol–water partition coefficient (Wildman–Crippen LogP) is 3.98. The highest BCUT2D eigenvalue weighted by atomic mass is 16.5. The van der Waals surface area contributed by atoms with E-state index >= 15 is 0 Å². The Labute approximate surface area is 117 Å². The minimum atomic E-state index is 0.117. The molecule has 1 aromatic carbocycles. The average molecular weight is 261 g/mol. The molecule has 0 atom stereocenters. The molecule has 19 heavy (non-hydrogen) atoms. The van der Waals surface area contributed by atoms with Gasteiger partial charge in [-0.15, -0.1) is 0 Å². The van der Waals surface area contributed by atoms with E-state index in [1.807, 2.05) is 0 Å². The maximum absolute atomic E-state index is 6.00. The summed E-state index contributed by atoms with van der Waals surface area (Å²) in [5.41, 5.74) is 8.88. The number of hydrogen-bond donors (Lipinski definition) is 1. The van der Waals surface area contributed by atoms with Crippen molar-refractivity contribution >= 4 is 0 Å². The number of rotatable bonds is 2. The van der Waals surface area contributed by atoms with E-state index in [1.54, 1.807) is 7.11 Å². The van der Waals surface area contributed by atoms with E-state index in [0.717, 1.165) is 18.6 Å². The van der Waals surface area contributed by atoms with E-state index in [0.29, 0.717) is 12.0 Å². The smallest absolute Gasteiger partial charge is 0.122 e. The zero-order valence-corrected chi connectivity index (χ0v) is 12.7. The fourth-order valence-electron chi connectivity index (χ4n) is 3.02. The zero-order valence-electron chi connectivity index (χ0n) is 12.7. The molecule has 0 unspecified atom stereocenters. The second kappa shape index (κ2) is 5.54. The van der Waals surface area contributed by atoms with Crippen LogP contribution < -0.4 is 10.5 Å². The van der Waals surface area contributed by atoms with Crippen molar-refractivity contribution in [3.8, 4) is 5.75 Å². The molecule has 0 radical (unpaired) electrons.